The normalized spacial score (nSPS) is 12.1. The molecule has 0 fully saturated rings. The van der Waals surface area contributed by atoms with Crippen LogP contribution in [0.1, 0.15) is 17.4 Å². The molecule has 2 rings (SSSR count). The van der Waals surface area contributed by atoms with E-state index >= 15 is 0 Å². The summed E-state index contributed by atoms with van der Waals surface area (Å²) in [6.07, 6.45) is 3.13. The second-order valence-corrected chi connectivity index (χ2v) is 5.04. The van der Waals surface area contributed by atoms with E-state index < -0.39 is 0 Å². The van der Waals surface area contributed by atoms with Crippen molar-refractivity contribution in [3.05, 3.63) is 45.7 Å². The molecule has 0 bridgehead atoms. The van der Waals surface area contributed by atoms with Crippen LogP contribution in [0.15, 0.2) is 35.5 Å². The molecule has 0 aliphatic rings. The maximum Gasteiger partial charge on any atom is 0.189 e. The van der Waals surface area contributed by atoms with Gasteiger partial charge in [0.25, 0.3) is 0 Å². The minimum Gasteiger partial charge on any atom is -0.326 e. The number of hydrogen-bond acceptors (Lipinski definition) is 2. The highest BCUT2D eigenvalue weighted by atomic mass is 32.1. The summed E-state index contributed by atoms with van der Waals surface area (Å²) >= 11 is 1.72. The van der Waals surface area contributed by atoms with E-state index in [0.717, 1.165) is 16.9 Å². The van der Waals surface area contributed by atoms with Gasteiger partial charge in [0.05, 0.1) is 5.69 Å². The zero-order chi connectivity index (χ0) is 11.5. The third-order valence-electron chi connectivity index (χ3n) is 2.52. The summed E-state index contributed by atoms with van der Waals surface area (Å²) in [6, 6.07) is 8.32. The van der Waals surface area contributed by atoms with Crippen LogP contribution in [0.5, 0.6) is 0 Å². The Bertz CT molecular complexity index is 549. The summed E-state index contributed by atoms with van der Waals surface area (Å²) in [7, 11) is 2.04. The number of rotatable bonds is 2. The van der Waals surface area contributed by atoms with Crippen LogP contribution in [0, 0.1) is 6.92 Å². The van der Waals surface area contributed by atoms with Gasteiger partial charge in [0.1, 0.15) is 0 Å². The minimum absolute atomic E-state index is 1.02. The number of aryl methyl sites for hydroxylation is 3. The molecule has 0 saturated heterocycles. The van der Waals surface area contributed by atoms with Crippen molar-refractivity contribution in [2.24, 2.45) is 12.0 Å². The van der Waals surface area contributed by atoms with Crippen molar-refractivity contribution in [1.82, 2.24) is 4.57 Å². The van der Waals surface area contributed by atoms with E-state index in [1.54, 1.807) is 11.3 Å². The van der Waals surface area contributed by atoms with Crippen LogP contribution in [0.3, 0.4) is 0 Å². The average molecular weight is 232 g/mol. The molecule has 0 unspecified atom stereocenters. The fraction of sp³-hybridized carbons (Fsp3) is 0.308. The first-order valence-corrected chi connectivity index (χ1v) is 6.28. The Labute approximate surface area is 99.9 Å². The Balaban J connectivity index is 2.54. The van der Waals surface area contributed by atoms with E-state index in [1.165, 1.54) is 10.4 Å². The van der Waals surface area contributed by atoms with Crippen molar-refractivity contribution in [3.8, 4) is 0 Å². The van der Waals surface area contributed by atoms with E-state index in [0.29, 0.717) is 0 Å². The zero-order valence-electron chi connectivity index (χ0n) is 9.90. The first kappa shape index (κ1) is 11.1. The summed E-state index contributed by atoms with van der Waals surface area (Å²) in [4.78, 5) is 7.06. The number of nitrogens with zero attached hydrogens (tertiary/aromatic N) is 2. The number of benzene rings is 1. The summed E-state index contributed by atoms with van der Waals surface area (Å²) in [5.41, 5.74) is 2.39. The third kappa shape index (κ3) is 2.25. The maximum atomic E-state index is 4.71. The van der Waals surface area contributed by atoms with Crippen molar-refractivity contribution >= 4 is 17.0 Å². The number of aromatic nitrogens is 1. The minimum atomic E-state index is 1.02. The van der Waals surface area contributed by atoms with Crippen LogP contribution in [0.25, 0.3) is 0 Å². The lowest BCUT2D eigenvalue weighted by atomic mass is 10.1. The Morgan fingerprint density at radius 1 is 1.31 bits per heavy atom. The number of para-hydroxylation sites is 1. The smallest absolute Gasteiger partial charge is 0.189 e. The molecular formula is C13H16N2S. The number of thiazole rings is 1. The zero-order valence-corrected chi connectivity index (χ0v) is 10.7. The van der Waals surface area contributed by atoms with Crippen LogP contribution >= 0.6 is 11.3 Å². The lowest BCUT2D eigenvalue weighted by molar-refractivity contribution is 0.869. The molecule has 2 nitrogen and oxygen atoms in total. The highest BCUT2D eigenvalue weighted by Gasteiger charge is 1.99. The van der Waals surface area contributed by atoms with Crippen LogP contribution < -0.4 is 4.80 Å². The van der Waals surface area contributed by atoms with E-state index in [2.05, 4.69) is 42.8 Å². The molecule has 0 saturated carbocycles. The molecule has 0 atom stereocenters. The second-order valence-electron chi connectivity index (χ2n) is 3.83. The van der Waals surface area contributed by atoms with Gasteiger partial charge in [0, 0.05) is 18.1 Å². The van der Waals surface area contributed by atoms with Crippen molar-refractivity contribution in [2.75, 3.05) is 0 Å². The SMILES string of the molecule is CCc1ccccc1N=c1sc(C)cn1C. The fourth-order valence-electron chi connectivity index (χ4n) is 1.69. The molecule has 2 aromatic rings. The highest BCUT2D eigenvalue weighted by molar-refractivity contribution is 7.09. The second kappa shape index (κ2) is 4.66. The Morgan fingerprint density at radius 2 is 2.06 bits per heavy atom. The quantitative estimate of drug-likeness (QED) is 0.756. The molecule has 16 heavy (non-hydrogen) atoms. The molecule has 1 aromatic carbocycles. The van der Waals surface area contributed by atoms with Crippen LogP contribution in [-0.4, -0.2) is 4.57 Å². The van der Waals surface area contributed by atoms with Crippen molar-refractivity contribution in [3.63, 3.8) is 0 Å². The summed E-state index contributed by atoms with van der Waals surface area (Å²) in [6.45, 7) is 4.27. The molecule has 1 aromatic heterocycles. The molecule has 0 N–H and O–H groups in total. The van der Waals surface area contributed by atoms with Crippen LogP contribution in [0.2, 0.25) is 0 Å². The van der Waals surface area contributed by atoms with Gasteiger partial charge < -0.3 is 4.57 Å². The molecular weight excluding hydrogens is 216 g/mol. The molecule has 0 spiro atoms. The largest absolute Gasteiger partial charge is 0.326 e. The van der Waals surface area contributed by atoms with E-state index in [9.17, 15) is 0 Å². The van der Waals surface area contributed by atoms with Crippen molar-refractivity contribution in [1.29, 1.82) is 0 Å². The fourth-order valence-corrected chi connectivity index (χ4v) is 2.53. The van der Waals surface area contributed by atoms with Gasteiger partial charge in [-0.25, -0.2) is 4.99 Å². The van der Waals surface area contributed by atoms with Gasteiger partial charge in [-0.2, -0.15) is 0 Å². The van der Waals surface area contributed by atoms with Gasteiger partial charge in [-0.1, -0.05) is 25.1 Å². The molecule has 84 valence electrons. The third-order valence-corrected chi connectivity index (χ3v) is 3.51. The monoisotopic (exact) mass is 232 g/mol. The number of hydrogen-bond donors (Lipinski definition) is 0. The predicted octanol–water partition coefficient (Wildman–Crippen LogP) is 3.19. The summed E-state index contributed by atoms with van der Waals surface area (Å²) < 4.78 is 2.08. The van der Waals surface area contributed by atoms with Crippen molar-refractivity contribution in [2.45, 2.75) is 20.3 Å². The predicted molar refractivity (Wildman–Crippen MR) is 69.1 cm³/mol. The first-order chi connectivity index (χ1) is 7.70. The maximum absolute atomic E-state index is 4.71. The van der Waals surface area contributed by atoms with E-state index in [-0.39, 0.29) is 0 Å². The Morgan fingerprint density at radius 3 is 2.69 bits per heavy atom. The molecule has 0 aliphatic heterocycles. The Hall–Kier alpha value is -1.35. The van der Waals surface area contributed by atoms with Gasteiger partial charge >= 0.3 is 0 Å². The van der Waals surface area contributed by atoms with Crippen LogP contribution in [-0.2, 0) is 13.5 Å². The van der Waals surface area contributed by atoms with E-state index in [1.807, 2.05) is 13.1 Å². The van der Waals surface area contributed by atoms with Gasteiger partial charge in [-0.05, 0) is 25.0 Å². The van der Waals surface area contributed by atoms with Gasteiger partial charge in [-0.15, -0.1) is 11.3 Å². The van der Waals surface area contributed by atoms with Crippen LogP contribution in [0.4, 0.5) is 5.69 Å². The molecule has 0 aliphatic carbocycles. The average Bonchev–Trinajstić information content (AvgIpc) is 2.58. The van der Waals surface area contributed by atoms with Gasteiger partial charge in [0.15, 0.2) is 4.80 Å². The lowest BCUT2D eigenvalue weighted by Crippen LogP contribution is -2.08. The topological polar surface area (TPSA) is 17.3 Å². The van der Waals surface area contributed by atoms with E-state index in [4.69, 9.17) is 4.99 Å². The molecule has 3 heteroatoms. The van der Waals surface area contributed by atoms with Gasteiger partial charge in [0.2, 0.25) is 0 Å². The van der Waals surface area contributed by atoms with Gasteiger partial charge in [-0.3, -0.25) is 0 Å². The Kier molecular flexibility index (Phi) is 3.25. The highest BCUT2D eigenvalue weighted by Crippen LogP contribution is 2.18. The first-order valence-electron chi connectivity index (χ1n) is 5.46. The molecule has 1 heterocycles. The lowest BCUT2D eigenvalue weighted by Gasteiger charge is -2.00. The summed E-state index contributed by atoms with van der Waals surface area (Å²) in [5, 5.41) is 0. The molecule has 0 radical (unpaired) electrons. The standard InChI is InChI=1S/C13H16N2S/c1-4-11-7-5-6-8-12(11)14-13-15(3)9-10(2)16-13/h5-9H,4H2,1-3H3. The summed E-state index contributed by atoms with van der Waals surface area (Å²) in [5.74, 6) is 0. The van der Waals surface area contributed by atoms with Crippen molar-refractivity contribution < 1.29 is 0 Å². The molecule has 0 amide bonds.